The average Bonchev–Trinajstić information content (AvgIpc) is 0.846. The molecule has 42 nitrogen and oxygen atoms in total. The molecule has 42 heteroatoms. The lowest BCUT2D eigenvalue weighted by Crippen LogP contribution is -2.54. The number of nitrogens with zero attached hydrogens (tertiary/aromatic N) is 1. The van der Waals surface area contributed by atoms with E-state index in [1.165, 1.54) is 0 Å². The number of esters is 9. The number of imide groups is 1. The van der Waals surface area contributed by atoms with Gasteiger partial charge in [-0.2, -0.15) is 0 Å². The Balaban J connectivity index is 3.88. The minimum Gasteiger partial charge on any atom is -0.464 e. The van der Waals surface area contributed by atoms with E-state index >= 15 is 0 Å². The van der Waals surface area contributed by atoms with Crippen LogP contribution in [0.15, 0.2) is 12.2 Å². The van der Waals surface area contributed by atoms with E-state index in [2.05, 4.69) is 42.5 Å². The Morgan fingerprint density at radius 3 is 0.647 bits per heavy atom. The summed E-state index contributed by atoms with van der Waals surface area (Å²) in [4.78, 5) is 252. The van der Waals surface area contributed by atoms with Crippen molar-refractivity contribution in [1.82, 2.24) is 47.4 Å². The number of rotatable bonds is 59. The molecule has 0 fully saturated rings. The van der Waals surface area contributed by atoms with Crippen molar-refractivity contribution in [2.24, 2.45) is 70.4 Å². The highest BCUT2D eigenvalue weighted by molar-refractivity contribution is 6.13. The summed E-state index contributed by atoms with van der Waals surface area (Å²) in [6.07, 6.45) is 0.660. The SMILES string of the molecule is CC(C)(C)C(=O)OCC(COCC(=O)NCCC(=O)NCC(CNC(=O)CCNC(=O)COCC(COC(=O)C(C)(C)C)(COC(=O)C(C)(C)C)COC(=O)C(C)(C)C)(CNC(=O)CCNC(=O)COCC(COC(=O)C(C)(C)C)(COC(=O)C(C)(C)C)COC(=O)C(C)(C)C)COCCNC(=O)CCOCCNC(=O)CCN1C(=O)C=CC1=O)(COC(=O)C(C)(C)C)COC(=O)C(C)(C)C. The van der Waals surface area contributed by atoms with E-state index in [9.17, 15) is 91.1 Å². The van der Waals surface area contributed by atoms with Gasteiger partial charge in [-0.15, -0.1) is 0 Å². The molecule has 136 heavy (non-hydrogen) atoms. The third-order valence-corrected chi connectivity index (χ3v) is 19.5. The molecule has 0 saturated carbocycles. The van der Waals surface area contributed by atoms with Gasteiger partial charge < -0.3 is 109 Å². The fraction of sp³-hybridized carbons (Fsp3) is 0.777. The Hall–Kier alpha value is -10.3. The quantitative estimate of drug-likeness (QED) is 0.0184. The molecule has 0 radical (unpaired) electrons. The first-order chi connectivity index (χ1) is 62.3. The second-order valence-corrected chi connectivity index (χ2v) is 43.6. The van der Waals surface area contributed by atoms with Crippen molar-refractivity contribution in [1.29, 1.82) is 0 Å². The Morgan fingerprint density at radius 1 is 0.221 bits per heavy atom. The van der Waals surface area contributed by atoms with Crippen LogP contribution in [0.1, 0.15) is 219 Å². The number of nitrogens with one attached hydrogen (secondary N) is 8. The molecule has 10 amide bonds. The Kier molecular flexibility index (Phi) is 50.8. The fourth-order valence-corrected chi connectivity index (χ4v) is 10.4. The topological polar surface area (TPSA) is 553 Å². The second-order valence-electron chi connectivity index (χ2n) is 43.6. The van der Waals surface area contributed by atoms with Crippen LogP contribution in [0.4, 0.5) is 0 Å². The largest absolute Gasteiger partial charge is 0.464 e. The van der Waals surface area contributed by atoms with Crippen molar-refractivity contribution in [3.63, 3.8) is 0 Å². The zero-order chi connectivity index (χ0) is 104. The molecule has 0 atom stereocenters. The number of hydrogen-bond acceptors (Lipinski definition) is 33. The van der Waals surface area contributed by atoms with Crippen LogP contribution < -0.4 is 42.5 Å². The first-order valence-electron chi connectivity index (χ1n) is 45.4. The summed E-state index contributed by atoms with van der Waals surface area (Å²) >= 11 is 0. The van der Waals surface area contributed by atoms with Crippen molar-refractivity contribution in [2.45, 2.75) is 219 Å². The summed E-state index contributed by atoms with van der Waals surface area (Å²) in [6.45, 7) is 32.5. The van der Waals surface area contributed by atoms with Crippen LogP contribution in [0, 0.1) is 70.4 Å². The van der Waals surface area contributed by atoms with E-state index in [0.29, 0.717) is 0 Å². The Bertz CT molecular complexity index is 3490. The number of ether oxygens (including phenoxy) is 14. The summed E-state index contributed by atoms with van der Waals surface area (Å²) < 4.78 is 80.6. The number of carbonyl (C=O) groups excluding carboxylic acids is 19. The van der Waals surface area contributed by atoms with Gasteiger partial charge >= 0.3 is 53.7 Å². The number of hydrogen-bond donors (Lipinski definition) is 8. The van der Waals surface area contributed by atoms with Crippen LogP contribution in [0.3, 0.4) is 0 Å². The summed E-state index contributed by atoms with van der Waals surface area (Å²) in [5, 5.41) is 21.4. The average molecular weight is 1940 g/mol. The summed E-state index contributed by atoms with van der Waals surface area (Å²) in [5.41, 5.74) is -15.2. The van der Waals surface area contributed by atoms with Gasteiger partial charge in [0.25, 0.3) is 11.8 Å². The highest BCUT2D eigenvalue weighted by atomic mass is 16.6. The maximum Gasteiger partial charge on any atom is 0.311 e. The molecular formula is C94H157N9O33. The zero-order valence-corrected chi connectivity index (χ0v) is 85.4. The van der Waals surface area contributed by atoms with Crippen molar-refractivity contribution >= 4 is 113 Å². The normalized spacial score (nSPS) is 13.1. The smallest absolute Gasteiger partial charge is 0.311 e. The van der Waals surface area contributed by atoms with E-state index < -0.39 is 328 Å². The third kappa shape index (κ3) is 51.2. The van der Waals surface area contributed by atoms with Crippen LogP contribution in [-0.2, 0) is 157 Å². The molecular weight excluding hydrogens is 1780 g/mol. The highest BCUT2D eigenvalue weighted by Crippen LogP contribution is 2.33. The number of carbonyl (C=O) groups is 19. The van der Waals surface area contributed by atoms with Gasteiger partial charge in [0, 0.05) is 109 Å². The first-order valence-corrected chi connectivity index (χ1v) is 45.4. The molecule has 776 valence electrons. The van der Waals surface area contributed by atoms with Crippen molar-refractivity contribution in [3.8, 4) is 0 Å². The molecule has 0 saturated heterocycles. The maximum absolute atomic E-state index is 14.1. The molecule has 0 spiro atoms. The predicted molar refractivity (Wildman–Crippen MR) is 491 cm³/mol. The number of amides is 10. The van der Waals surface area contributed by atoms with Crippen LogP contribution in [0.25, 0.3) is 0 Å². The van der Waals surface area contributed by atoms with Crippen LogP contribution >= 0.6 is 0 Å². The van der Waals surface area contributed by atoms with Gasteiger partial charge in [-0.1, -0.05) is 0 Å². The van der Waals surface area contributed by atoms with Gasteiger partial charge in [-0.05, 0) is 187 Å². The predicted octanol–water partition coefficient (Wildman–Crippen LogP) is 4.12. The molecule has 0 unspecified atom stereocenters. The van der Waals surface area contributed by atoms with E-state index in [0.717, 1.165) is 17.1 Å². The monoisotopic (exact) mass is 1940 g/mol. The van der Waals surface area contributed by atoms with E-state index in [1.54, 1.807) is 187 Å². The van der Waals surface area contributed by atoms with Crippen LogP contribution in [0.5, 0.6) is 0 Å². The molecule has 1 aliphatic rings. The van der Waals surface area contributed by atoms with Crippen molar-refractivity contribution in [3.05, 3.63) is 12.2 Å². The molecule has 1 rings (SSSR count). The van der Waals surface area contributed by atoms with Gasteiger partial charge in [0.2, 0.25) is 47.3 Å². The van der Waals surface area contributed by atoms with E-state index in [-0.39, 0.29) is 71.9 Å². The highest BCUT2D eigenvalue weighted by Gasteiger charge is 2.45. The van der Waals surface area contributed by atoms with Gasteiger partial charge in [0.1, 0.15) is 79.3 Å². The minimum atomic E-state index is -1.55. The van der Waals surface area contributed by atoms with Gasteiger partial charge in [-0.3, -0.25) is 96.0 Å². The first kappa shape index (κ1) is 124. The Labute approximate surface area is 800 Å². The summed E-state index contributed by atoms with van der Waals surface area (Å²) in [5.74, 6) is -12.3. The standard InChI is InChI=1S/C94H157N9O33/c1-82(2,3)73(114)128-54-92(55-129-74(115)83(4,5)6,56-130-75(116)84(7,8)9)51-125-44-68(109)95-35-30-63(104)100-47-91(50-124-43-39-99-67(108)34-41-123-42-38-98-66(107)33-40-103-71(112)28-29-72(103)113,48-101-64(105)31-36-96-69(110)45-126-52-93(57-131-76(117)85(10,11)12,58-132-77(118)86(13,14)15)59-133-78(119)87(16,17)18)49-102-65(106)32-37-97-70(111)46-127-53-94(60-134-79(120)88(19,20)21,61-135-80(121)89(22,23)24)62-136-81(122)90(25,26)27/h28-29H,30-62H2,1-27H3,(H,95,109)(H,96,110)(H,97,111)(H,98,107)(H,99,108)(H,100,104)(H,101,105)(H,102,106). The molecule has 0 aromatic carbocycles. The van der Waals surface area contributed by atoms with Gasteiger partial charge in [0.05, 0.1) is 111 Å². The lowest BCUT2D eigenvalue weighted by molar-refractivity contribution is -0.179. The molecule has 0 aromatic heterocycles. The molecule has 0 bridgehead atoms. The summed E-state index contributed by atoms with van der Waals surface area (Å²) in [7, 11) is 0. The van der Waals surface area contributed by atoms with Crippen LogP contribution in [0.2, 0.25) is 0 Å². The summed E-state index contributed by atoms with van der Waals surface area (Å²) in [6, 6.07) is 0. The molecule has 0 aliphatic carbocycles. The Morgan fingerprint density at radius 2 is 0.419 bits per heavy atom. The zero-order valence-electron chi connectivity index (χ0n) is 85.4. The molecule has 1 heterocycles. The third-order valence-electron chi connectivity index (χ3n) is 19.5. The van der Waals surface area contributed by atoms with Crippen LogP contribution in [-0.4, -0.2) is 302 Å². The van der Waals surface area contributed by atoms with Crippen molar-refractivity contribution in [2.75, 3.05) is 184 Å². The molecule has 0 aromatic rings. The lowest BCUT2D eigenvalue weighted by Gasteiger charge is -2.34. The maximum atomic E-state index is 14.1. The lowest BCUT2D eigenvalue weighted by atomic mass is 9.88. The minimum absolute atomic E-state index is 0.00172. The van der Waals surface area contributed by atoms with E-state index in [4.69, 9.17) is 66.3 Å². The van der Waals surface area contributed by atoms with Crippen molar-refractivity contribution < 1.29 is 157 Å². The molecule has 8 N–H and O–H groups in total. The van der Waals surface area contributed by atoms with Gasteiger partial charge in [0.15, 0.2) is 0 Å². The van der Waals surface area contributed by atoms with E-state index in [1.807, 2.05) is 0 Å². The second kappa shape index (κ2) is 55.9. The van der Waals surface area contributed by atoms with Gasteiger partial charge in [-0.25, -0.2) is 0 Å². The molecule has 1 aliphatic heterocycles. The fourth-order valence-electron chi connectivity index (χ4n) is 10.4.